The maximum absolute atomic E-state index is 13.0. The van der Waals surface area contributed by atoms with Crippen molar-refractivity contribution < 1.29 is 4.79 Å². The van der Waals surface area contributed by atoms with E-state index in [1.165, 1.54) is 0 Å². The van der Waals surface area contributed by atoms with Crippen LogP contribution in [-0.2, 0) is 6.54 Å². The van der Waals surface area contributed by atoms with Crippen LogP contribution in [0, 0.1) is 18.3 Å². The number of carbonyl (C=O) groups is 1. The van der Waals surface area contributed by atoms with Gasteiger partial charge in [-0.25, -0.2) is 9.67 Å². The summed E-state index contributed by atoms with van der Waals surface area (Å²) < 4.78 is 1.58. The van der Waals surface area contributed by atoms with Crippen LogP contribution in [0.25, 0.3) is 5.69 Å². The van der Waals surface area contributed by atoms with Crippen LogP contribution in [0.3, 0.4) is 0 Å². The molecule has 0 atom stereocenters. The fourth-order valence-corrected chi connectivity index (χ4v) is 3.12. The third kappa shape index (κ3) is 4.21. The highest BCUT2D eigenvalue weighted by Gasteiger charge is 2.22. The molecule has 0 aliphatic rings. The molecule has 2 aromatic carbocycles. The van der Waals surface area contributed by atoms with Crippen molar-refractivity contribution in [3.63, 3.8) is 0 Å². The molecular weight excluding hydrogens is 374 g/mol. The maximum atomic E-state index is 13.0. The number of amides is 1. The van der Waals surface area contributed by atoms with Gasteiger partial charge in [0.2, 0.25) is 5.82 Å². The molecular formula is C21H20ClN5O. The molecule has 0 saturated heterocycles. The number of benzene rings is 2. The molecule has 1 amide bonds. The lowest BCUT2D eigenvalue weighted by molar-refractivity contribution is 0.0731. The standard InChI is InChI=1S/C21H20ClN5O/c1-3-12-26(14-17-10-8-16(13-23)9-11-17)21(28)20-24-15(2)27(25-20)19-7-5-4-6-18(19)22/h4-11H,3,12,14H2,1-2H3. The Morgan fingerprint density at radius 2 is 1.93 bits per heavy atom. The first-order valence-corrected chi connectivity index (χ1v) is 9.38. The highest BCUT2D eigenvalue weighted by molar-refractivity contribution is 6.32. The molecule has 0 unspecified atom stereocenters. The number of nitriles is 1. The van der Waals surface area contributed by atoms with E-state index in [4.69, 9.17) is 16.9 Å². The smallest absolute Gasteiger partial charge is 0.293 e. The van der Waals surface area contributed by atoms with Gasteiger partial charge in [0.15, 0.2) is 0 Å². The Hall–Kier alpha value is -3.17. The summed E-state index contributed by atoms with van der Waals surface area (Å²) in [6.45, 7) is 4.81. The SMILES string of the molecule is CCCN(Cc1ccc(C#N)cc1)C(=O)c1nc(C)n(-c2ccccc2Cl)n1. The molecule has 0 aliphatic carbocycles. The van der Waals surface area contributed by atoms with Gasteiger partial charge in [0.1, 0.15) is 5.82 Å². The predicted octanol–water partition coefficient (Wildman–Crippen LogP) is 4.15. The molecule has 6 nitrogen and oxygen atoms in total. The monoisotopic (exact) mass is 393 g/mol. The molecule has 0 bridgehead atoms. The van der Waals surface area contributed by atoms with Crippen LogP contribution in [0.15, 0.2) is 48.5 Å². The van der Waals surface area contributed by atoms with Crippen molar-refractivity contribution in [2.75, 3.05) is 6.54 Å². The number of hydrogen-bond acceptors (Lipinski definition) is 4. The highest BCUT2D eigenvalue weighted by Crippen LogP contribution is 2.20. The number of nitrogens with zero attached hydrogens (tertiary/aromatic N) is 5. The Kier molecular flexibility index (Phi) is 6.07. The van der Waals surface area contributed by atoms with Crippen LogP contribution in [0.1, 0.15) is 40.9 Å². The Morgan fingerprint density at radius 1 is 1.21 bits per heavy atom. The summed E-state index contributed by atoms with van der Waals surface area (Å²) in [5, 5.41) is 13.9. The minimum atomic E-state index is -0.236. The lowest BCUT2D eigenvalue weighted by Gasteiger charge is -2.20. The number of carbonyl (C=O) groups excluding carboxylic acids is 1. The van der Waals surface area contributed by atoms with Gasteiger partial charge in [0.25, 0.3) is 5.91 Å². The van der Waals surface area contributed by atoms with Crippen molar-refractivity contribution in [1.29, 1.82) is 5.26 Å². The summed E-state index contributed by atoms with van der Waals surface area (Å²) in [6, 6.07) is 16.6. The summed E-state index contributed by atoms with van der Waals surface area (Å²) in [6.07, 6.45) is 0.812. The predicted molar refractivity (Wildman–Crippen MR) is 107 cm³/mol. The second-order valence-corrected chi connectivity index (χ2v) is 6.79. The fraction of sp³-hybridized carbons (Fsp3) is 0.238. The number of aromatic nitrogens is 3. The van der Waals surface area contributed by atoms with Crippen molar-refractivity contribution in [2.24, 2.45) is 0 Å². The van der Waals surface area contributed by atoms with E-state index in [9.17, 15) is 4.79 Å². The molecule has 1 aromatic heterocycles. The van der Waals surface area contributed by atoms with E-state index in [0.717, 1.165) is 12.0 Å². The largest absolute Gasteiger partial charge is 0.332 e. The Morgan fingerprint density at radius 3 is 2.57 bits per heavy atom. The molecule has 3 rings (SSSR count). The first-order valence-electron chi connectivity index (χ1n) is 9.00. The third-order valence-electron chi connectivity index (χ3n) is 4.28. The number of hydrogen-bond donors (Lipinski definition) is 0. The Balaban J connectivity index is 1.86. The van der Waals surface area contributed by atoms with Crippen molar-refractivity contribution >= 4 is 17.5 Å². The minimum absolute atomic E-state index is 0.138. The van der Waals surface area contributed by atoms with E-state index in [2.05, 4.69) is 16.2 Å². The van der Waals surface area contributed by atoms with Crippen molar-refractivity contribution in [2.45, 2.75) is 26.8 Å². The van der Waals surface area contributed by atoms with Gasteiger partial charge in [0.05, 0.1) is 22.3 Å². The van der Waals surface area contributed by atoms with Gasteiger partial charge >= 0.3 is 0 Å². The molecule has 0 spiro atoms. The Bertz CT molecular complexity index is 1020. The average Bonchev–Trinajstić information content (AvgIpc) is 3.09. The second kappa shape index (κ2) is 8.68. The number of halogens is 1. The molecule has 142 valence electrons. The highest BCUT2D eigenvalue weighted by atomic mass is 35.5. The average molecular weight is 394 g/mol. The van der Waals surface area contributed by atoms with E-state index in [1.54, 1.807) is 34.7 Å². The number of rotatable bonds is 6. The van der Waals surface area contributed by atoms with Gasteiger partial charge in [-0.2, -0.15) is 5.26 Å². The molecule has 1 heterocycles. The lowest BCUT2D eigenvalue weighted by Crippen LogP contribution is -2.32. The van der Waals surface area contributed by atoms with Gasteiger partial charge < -0.3 is 4.90 Å². The second-order valence-electron chi connectivity index (χ2n) is 6.38. The van der Waals surface area contributed by atoms with Crippen molar-refractivity contribution in [3.05, 3.63) is 76.3 Å². The first-order chi connectivity index (χ1) is 13.5. The van der Waals surface area contributed by atoms with E-state index in [0.29, 0.717) is 35.2 Å². The fourth-order valence-electron chi connectivity index (χ4n) is 2.90. The third-order valence-corrected chi connectivity index (χ3v) is 4.60. The van der Waals surface area contributed by atoms with Crippen LogP contribution >= 0.6 is 11.6 Å². The van der Waals surface area contributed by atoms with Gasteiger partial charge in [0, 0.05) is 13.1 Å². The molecule has 0 radical (unpaired) electrons. The molecule has 7 heteroatoms. The van der Waals surface area contributed by atoms with E-state index >= 15 is 0 Å². The van der Waals surface area contributed by atoms with Gasteiger partial charge in [-0.3, -0.25) is 4.79 Å². The number of para-hydroxylation sites is 1. The normalized spacial score (nSPS) is 10.5. The quantitative estimate of drug-likeness (QED) is 0.630. The van der Waals surface area contributed by atoms with E-state index in [-0.39, 0.29) is 11.7 Å². The van der Waals surface area contributed by atoms with Crippen LogP contribution in [0.5, 0.6) is 0 Å². The Labute approximate surface area is 169 Å². The minimum Gasteiger partial charge on any atom is -0.332 e. The van der Waals surface area contributed by atoms with Crippen molar-refractivity contribution in [3.8, 4) is 11.8 Å². The van der Waals surface area contributed by atoms with Gasteiger partial charge in [-0.1, -0.05) is 42.8 Å². The molecule has 3 aromatic rings. The van der Waals surface area contributed by atoms with Crippen LogP contribution in [0.4, 0.5) is 0 Å². The molecule has 0 N–H and O–H groups in total. The van der Waals surface area contributed by atoms with Crippen molar-refractivity contribution in [1.82, 2.24) is 19.7 Å². The molecule has 0 saturated carbocycles. The molecule has 0 aliphatic heterocycles. The number of aryl methyl sites for hydroxylation is 1. The zero-order valence-electron chi connectivity index (χ0n) is 15.8. The summed E-state index contributed by atoms with van der Waals surface area (Å²) in [4.78, 5) is 19.1. The first kappa shape index (κ1) is 19.6. The van der Waals surface area contributed by atoms with Crippen LogP contribution in [-0.4, -0.2) is 32.1 Å². The maximum Gasteiger partial charge on any atom is 0.293 e. The topological polar surface area (TPSA) is 74.8 Å². The van der Waals surface area contributed by atoms with Crippen LogP contribution in [0.2, 0.25) is 5.02 Å². The summed E-state index contributed by atoms with van der Waals surface area (Å²) in [7, 11) is 0. The van der Waals surface area contributed by atoms with Gasteiger partial charge in [-0.05, 0) is 43.2 Å². The molecule has 28 heavy (non-hydrogen) atoms. The zero-order valence-corrected chi connectivity index (χ0v) is 16.5. The summed E-state index contributed by atoms with van der Waals surface area (Å²) in [5.41, 5.74) is 2.22. The van der Waals surface area contributed by atoms with Crippen LogP contribution < -0.4 is 0 Å². The van der Waals surface area contributed by atoms with E-state index < -0.39 is 0 Å². The summed E-state index contributed by atoms with van der Waals surface area (Å²) in [5.74, 6) is 0.492. The zero-order chi connectivity index (χ0) is 20.1. The lowest BCUT2D eigenvalue weighted by atomic mass is 10.1. The summed E-state index contributed by atoms with van der Waals surface area (Å²) >= 11 is 6.26. The molecule has 0 fully saturated rings. The van der Waals surface area contributed by atoms with Gasteiger partial charge in [-0.15, -0.1) is 5.10 Å². The van der Waals surface area contributed by atoms with E-state index in [1.807, 2.05) is 37.3 Å².